The minimum absolute atomic E-state index is 0.645. The third-order valence-corrected chi connectivity index (χ3v) is 8.89. The van der Waals surface area contributed by atoms with Gasteiger partial charge in [0.15, 0.2) is 0 Å². The molecular weight excluding hydrogens is 506 g/mol. The van der Waals surface area contributed by atoms with E-state index in [1.54, 1.807) is 11.3 Å². The molecule has 0 saturated heterocycles. The Bertz CT molecular complexity index is 2280. The van der Waals surface area contributed by atoms with Crippen LogP contribution in [-0.4, -0.2) is 0 Å². The van der Waals surface area contributed by atoms with E-state index in [9.17, 15) is 5.26 Å². The number of nitriles is 1. The van der Waals surface area contributed by atoms with Crippen molar-refractivity contribution in [3.8, 4) is 39.4 Å². The SMILES string of the molecule is N#Cc1c(-c2ccc3sc4ccccc4c3c2)cc(-c2ccccc2)cc1-c1cccc2c1oc1ccccc12. The minimum Gasteiger partial charge on any atom is -0.455 e. The van der Waals surface area contributed by atoms with Gasteiger partial charge in [0.2, 0.25) is 0 Å². The molecule has 0 N–H and O–H groups in total. The van der Waals surface area contributed by atoms with Gasteiger partial charge in [0, 0.05) is 47.6 Å². The van der Waals surface area contributed by atoms with Gasteiger partial charge in [-0.15, -0.1) is 11.3 Å². The maximum absolute atomic E-state index is 10.7. The van der Waals surface area contributed by atoms with Crippen molar-refractivity contribution >= 4 is 53.4 Å². The molecule has 0 aliphatic heterocycles. The van der Waals surface area contributed by atoms with Crippen LogP contribution in [0.25, 0.3) is 75.5 Å². The summed E-state index contributed by atoms with van der Waals surface area (Å²) in [4.78, 5) is 0. The Balaban J connectivity index is 1.45. The molecule has 0 bridgehead atoms. The first kappa shape index (κ1) is 22.8. The van der Waals surface area contributed by atoms with Gasteiger partial charge in [0.05, 0.1) is 5.56 Å². The largest absolute Gasteiger partial charge is 0.455 e. The smallest absolute Gasteiger partial charge is 0.143 e. The lowest BCUT2D eigenvalue weighted by Gasteiger charge is -2.15. The maximum Gasteiger partial charge on any atom is 0.143 e. The molecule has 2 nitrogen and oxygen atoms in total. The summed E-state index contributed by atoms with van der Waals surface area (Å²) in [5.74, 6) is 0. The fraction of sp³-hybridized carbons (Fsp3) is 0. The molecule has 0 fully saturated rings. The van der Waals surface area contributed by atoms with Crippen LogP contribution in [0.3, 0.4) is 0 Å². The summed E-state index contributed by atoms with van der Waals surface area (Å²) >= 11 is 1.80. The molecule has 0 atom stereocenters. The van der Waals surface area contributed by atoms with Crippen molar-refractivity contribution in [3.05, 3.63) is 133 Å². The highest BCUT2D eigenvalue weighted by Crippen LogP contribution is 2.43. The van der Waals surface area contributed by atoms with Gasteiger partial charge in [-0.05, 0) is 53.1 Å². The fourth-order valence-corrected chi connectivity index (χ4v) is 6.94. The second kappa shape index (κ2) is 8.95. The lowest BCUT2D eigenvalue weighted by molar-refractivity contribution is 0.670. The molecule has 186 valence electrons. The minimum atomic E-state index is 0.645. The highest BCUT2D eigenvalue weighted by molar-refractivity contribution is 7.25. The van der Waals surface area contributed by atoms with Crippen molar-refractivity contribution < 1.29 is 4.42 Å². The second-order valence-corrected chi connectivity index (χ2v) is 11.1. The van der Waals surface area contributed by atoms with E-state index in [1.807, 2.05) is 24.3 Å². The number of nitrogens with zero attached hydrogens (tertiary/aromatic N) is 1. The van der Waals surface area contributed by atoms with Crippen LogP contribution in [0.4, 0.5) is 0 Å². The molecule has 0 unspecified atom stereocenters. The Hall–Kier alpha value is -5.17. The van der Waals surface area contributed by atoms with Gasteiger partial charge in [-0.2, -0.15) is 5.26 Å². The molecule has 3 heteroatoms. The predicted molar refractivity (Wildman–Crippen MR) is 168 cm³/mol. The zero-order chi connectivity index (χ0) is 26.6. The Labute approximate surface area is 235 Å². The number of rotatable bonds is 3. The number of thiophene rings is 1. The standard InChI is InChI=1S/C37H21NOS/c38-22-33-30(24-17-18-36-32(19-24)27-12-5-7-16-35(27)40-36)20-25(23-9-2-1-3-10-23)21-31(33)29-14-8-13-28-26-11-4-6-15-34(26)39-37(28)29/h1-21H. The zero-order valence-corrected chi connectivity index (χ0v) is 22.2. The van der Waals surface area contributed by atoms with Crippen LogP contribution >= 0.6 is 11.3 Å². The summed E-state index contributed by atoms with van der Waals surface area (Å²) in [6.45, 7) is 0. The van der Waals surface area contributed by atoms with E-state index in [0.29, 0.717) is 5.56 Å². The molecule has 0 spiro atoms. The van der Waals surface area contributed by atoms with Crippen molar-refractivity contribution in [2.75, 3.05) is 0 Å². The van der Waals surface area contributed by atoms with Crippen LogP contribution in [-0.2, 0) is 0 Å². The van der Waals surface area contributed by atoms with Crippen molar-refractivity contribution in [3.63, 3.8) is 0 Å². The number of para-hydroxylation sites is 2. The molecule has 0 saturated carbocycles. The van der Waals surface area contributed by atoms with E-state index in [4.69, 9.17) is 4.42 Å². The molecule has 0 radical (unpaired) electrons. The monoisotopic (exact) mass is 527 g/mol. The van der Waals surface area contributed by atoms with Crippen molar-refractivity contribution in [1.82, 2.24) is 0 Å². The Morgan fingerprint density at radius 3 is 2.10 bits per heavy atom. The molecule has 40 heavy (non-hydrogen) atoms. The zero-order valence-electron chi connectivity index (χ0n) is 21.4. The second-order valence-electron chi connectivity index (χ2n) is 10.0. The quantitative estimate of drug-likeness (QED) is 0.229. The van der Waals surface area contributed by atoms with Gasteiger partial charge in [-0.3, -0.25) is 0 Å². The van der Waals surface area contributed by atoms with Gasteiger partial charge in [0.25, 0.3) is 0 Å². The van der Waals surface area contributed by atoms with E-state index >= 15 is 0 Å². The van der Waals surface area contributed by atoms with Gasteiger partial charge in [-0.25, -0.2) is 0 Å². The number of benzene rings is 6. The van der Waals surface area contributed by atoms with Gasteiger partial charge in [0.1, 0.15) is 17.2 Å². The fourth-order valence-electron chi connectivity index (χ4n) is 5.85. The number of hydrogen-bond donors (Lipinski definition) is 0. The van der Waals surface area contributed by atoms with Crippen LogP contribution in [0.2, 0.25) is 0 Å². The topological polar surface area (TPSA) is 36.9 Å². The lowest BCUT2D eigenvalue weighted by atomic mass is 9.87. The number of furan rings is 1. The Morgan fingerprint density at radius 2 is 1.23 bits per heavy atom. The summed E-state index contributed by atoms with van der Waals surface area (Å²) in [6, 6.07) is 46.6. The van der Waals surface area contributed by atoms with Gasteiger partial charge >= 0.3 is 0 Å². The van der Waals surface area contributed by atoms with E-state index in [2.05, 4.69) is 109 Å². The summed E-state index contributed by atoms with van der Waals surface area (Å²) in [5.41, 5.74) is 8.21. The molecule has 0 amide bonds. The summed E-state index contributed by atoms with van der Waals surface area (Å²) in [7, 11) is 0. The summed E-state index contributed by atoms with van der Waals surface area (Å²) < 4.78 is 8.93. The predicted octanol–water partition coefficient (Wildman–Crippen LogP) is 10.8. The number of fused-ring (bicyclic) bond motifs is 6. The first-order valence-corrected chi connectivity index (χ1v) is 14.1. The lowest BCUT2D eigenvalue weighted by Crippen LogP contribution is -1.93. The Kier molecular flexibility index (Phi) is 5.10. The summed E-state index contributed by atoms with van der Waals surface area (Å²) in [6.07, 6.45) is 0. The van der Waals surface area contributed by atoms with E-state index in [0.717, 1.165) is 55.3 Å². The molecule has 8 aromatic rings. The van der Waals surface area contributed by atoms with Crippen molar-refractivity contribution in [1.29, 1.82) is 5.26 Å². The van der Waals surface area contributed by atoms with Crippen molar-refractivity contribution in [2.45, 2.75) is 0 Å². The van der Waals surface area contributed by atoms with Crippen LogP contribution < -0.4 is 0 Å². The highest BCUT2D eigenvalue weighted by Gasteiger charge is 2.20. The van der Waals surface area contributed by atoms with Crippen LogP contribution in [0.5, 0.6) is 0 Å². The van der Waals surface area contributed by atoms with Crippen molar-refractivity contribution in [2.24, 2.45) is 0 Å². The highest BCUT2D eigenvalue weighted by atomic mass is 32.1. The average molecular weight is 528 g/mol. The van der Waals surface area contributed by atoms with Crippen LogP contribution in [0.15, 0.2) is 132 Å². The first-order valence-electron chi connectivity index (χ1n) is 13.2. The molecule has 8 rings (SSSR count). The number of hydrogen-bond acceptors (Lipinski definition) is 3. The molecule has 0 aliphatic rings. The van der Waals surface area contributed by atoms with Gasteiger partial charge < -0.3 is 4.42 Å². The third kappa shape index (κ3) is 3.48. The first-order chi connectivity index (χ1) is 19.8. The van der Waals surface area contributed by atoms with Crippen LogP contribution in [0.1, 0.15) is 5.56 Å². The normalized spacial score (nSPS) is 11.5. The van der Waals surface area contributed by atoms with E-state index in [1.165, 1.54) is 20.2 Å². The van der Waals surface area contributed by atoms with E-state index < -0.39 is 0 Å². The van der Waals surface area contributed by atoms with Gasteiger partial charge in [-0.1, -0.05) is 91.0 Å². The molecule has 2 heterocycles. The summed E-state index contributed by atoms with van der Waals surface area (Å²) in [5, 5.41) is 15.2. The molecule has 6 aromatic carbocycles. The van der Waals surface area contributed by atoms with E-state index in [-0.39, 0.29) is 0 Å². The average Bonchev–Trinajstić information content (AvgIpc) is 3.59. The Morgan fingerprint density at radius 1 is 0.500 bits per heavy atom. The molecule has 2 aromatic heterocycles. The molecular formula is C37H21NOS. The van der Waals surface area contributed by atoms with Crippen LogP contribution in [0, 0.1) is 11.3 Å². The maximum atomic E-state index is 10.7. The molecule has 0 aliphatic carbocycles. The third-order valence-electron chi connectivity index (χ3n) is 7.74.